The molecule has 0 aliphatic carbocycles. The number of esters is 1. The van der Waals surface area contributed by atoms with Crippen LogP contribution in [0.3, 0.4) is 0 Å². The zero-order valence-corrected chi connectivity index (χ0v) is 20.0. The largest absolute Gasteiger partial charge is 0.481 e. The first-order valence-electron chi connectivity index (χ1n) is 9.87. The molecule has 2 rings (SSSR count). The molecule has 0 saturated carbocycles. The van der Waals surface area contributed by atoms with Crippen LogP contribution in [0.2, 0.25) is 0 Å². The number of thioether (sulfide) groups is 1. The van der Waals surface area contributed by atoms with Gasteiger partial charge in [-0.3, -0.25) is 24.6 Å². The second-order valence-electron chi connectivity index (χ2n) is 7.19. The number of carboxylic acid groups (broad SMARTS) is 1. The van der Waals surface area contributed by atoms with Crippen LogP contribution >= 0.6 is 11.8 Å². The maximum atomic E-state index is 12.8. The molecule has 0 radical (unpaired) electrons. The van der Waals surface area contributed by atoms with E-state index in [1.165, 1.54) is 23.8 Å². The molecule has 0 spiro atoms. The first-order chi connectivity index (χ1) is 15.4. The Kier molecular flexibility index (Phi) is 10.5. The quantitative estimate of drug-likeness (QED) is 0.306. The third kappa shape index (κ3) is 8.22. The third-order valence-corrected chi connectivity index (χ3v) is 6.16. The fraction of sp³-hybridized carbons (Fsp3) is 0.429. The number of aliphatic imine (C=N–C) groups is 1. The smallest absolute Gasteiger partial charge is 0.307 e. The van der Waals surface area contributed by atoms with Crippen molar-refractivity contribution < 1.29 is 29.0 Å². The molecule has 12 heteroatoms. The summed E-state index contributed by atoms with van der Waals surface area (Å²) in [5.41, 5.74) is 6.31. The highest BCUT2D eigenvalue weighted by Gasteiger charge is 2.40. The maximum Gasteiger partial charge on any atom is 0.307 e. The number of nitrogens with zero attached hydrogens (tertiary/aromatic N) is 3. The molecule has 1 heterocycles. The lowest BCUT2D eigenvalue weighted by atomic mass is 10.1. The van der Waals surface area contributed by atoms with Crippen LogP contribution in [-0.4, -0.2) is 88.7 Å². The molecule has 11 nitrogen and oxygen atoms in total. The van der Waals surface area contributed by atoms with Gasteiger partial charge in [-0.15, -0.1) is 0 Å². The third-order valence-electron chi connectivity index (χ3n) is 4.72. The van der Waals surface area contributed by atoms with Crippen molar-refractivity contribution in [3.8, 4) is 0 Å². The molecule has 180 valence electrons. The zero-order chi connectivity index (χ0) is 25.3. The average molecular weight is 480 g/mol. The molecular formula is C21H29N5O6S. The van der Waals surface area contributed by atoms with Gasteiger partial charge in [0, 0.05) is 44.7 Å². The molecule has 1 aromatic rings. The number of hydrogen-bond donors (Lipinski definition) is 3. The van der Waals surface area contributed by atoms with E-state index < -0.39 is 17.1 Å². The number of benzene rings is 1. The van der Waals surface area contributed by atoms with E-state index in [2.05, 4.69) is 9.73 Å². The highest BCUT2D eigenvalue weighted by molar-refractivity contribution is 8.15. The van der Waals surface area contributed by atoms with Crippen molar-refractivity contribution in [2.45, 2.75) is 31.6 Å². The Balaban J connectivity index is 0.00000125. The van der Waals surface area contributed by atoms with Crippen molar-refractivity contribution in [2.75, 3.05) is 27.7 Å². The van der Waals surface area contributed by atoms with Gasteiger partial charge in [0.15, 0.2) is 5.17 Å². The topological polar surface area (TPSA) is 166 Å². The van der Waals surface area contributed by atoms with E-state index in [0.29, 0.717) is 16.3 Å². The van der Waals surface area contributed by atoms with Gasteiger partial charge in [-0.2, -0.15) is 4.99 Å². The fourth-order valence-electron chi connectivity index (χ4n) is 2.67. The molecule has 1 aliphatic heterocycles. The van der Waals surface area contributed by atoms with Gasteiger partial charge in [0.1, 0.15) is 11.1 Å². The van der Waals surface area contributed by atoms with Crippen LogP contribution in [0.25, 0.3) is 0 Å². The highest BCUT2D eigenvalue weighted by atomic mass is 32.2. The van der Waals surface area contributed by atoms with Gasteiger partial charge >= 0.3 is 5.97 Å². The van der Waals surface area contributed by atoms with Crippen LogP contribution < -0.4 is 5.73 Å². The van der Waals surface area contributed by atoms with Gasteiger partial charge < -0.3 is 25.4 Å². The van der Waals surface area contributed by atoms with Gasteiger partial charge in [-0.25, -0.2) is 0 Å². The number of carbonyl (C=O) groups is 4. The van der Waals surface area contributed by atoms with E-state index in [-0.39, 0.29) is 36.7 Å². The molecule has 33 heavy (non-hydrogen) atoms. The first kappa shape index (κ1) is 27.6. The lowest BCUT2D eigenvalue weighted by molar-refractivity contribution is -0.141. The summed E-state index contributed by atoms with van der Waals surface area (Å²) in [7, 11) is 4.72. The van der Waals surface area contributed by atoms with Crippen molar-refractivity contribution in [1.29, 1.82) is 5.41 Å². The Labute approximate surface area is 196 Å². The highest BCUT2D eigenvalue weighted by Crippen LogP contribution is 2.32. The van der Waals surface area contributed by atoms with Crippen molar-refractivity contribution in [2.24, 2.45) is 10.7 Å². The molecular weight excluding hydrogens is 450 g/mol. The van der Waals surface area contributed by atoms with E-state index in [1.54, 1.807) is 43.3 Å². The number of methoxy groups -OCH3 is 1. The number of ether oxygens (including phenoxy) is 1. The minimum absolute atomic E-state index is 0.0760. The van der Waals surface area contributed by atoms with E-state index >= 15 is 0 Å². The summed E-state index contributed by atoms with van der Waals surface area (Å²) in [6, 6.07) is 6.14. The Morgan fingerprint density at radius 2 is 1.76 bits per heavy atom. The minimum Gasteiger partial charge on any atom is -0.481 e. The second kappa shape index (κ2) is 12.6. The summed E-state index contributed by atoms with van der Waals surface area (Å²) in [5, 5.41) is 14.8. The molecule has 0 bridgehead atoms. The Bertz CT molecular complexity index is 930. The van der Waals surface area contributed by atoms with E-state index in [9.17, 15) is 14.4 Å². The number of rotatable bonds is 6. The summed E-state index contributed by atoms with van der Waals surface area (Å²) >= 11 is 1.23. The lowest BCUT2D eigenvalue weighted by Gasteiger charge is -2.24. The van der Waals surface area contributed by atoms with Crippen LogP contribution in [0, 0.1) is 5.41 Å². The van der Waals surface area contributed by atoms with E-state index in [4.69, 9.17) is 21.0 Å². The van der Waals surface area contributed by atoms with Gasteiger partial charge in [0.2, 0.25) is 5.91 Å². The molecule has 2 atom stereocenters. The molecule has 1 saturated heterocycles. The number of nitrogens with two attached hydrogens (primary N) is 1. The SMILES string of the molecule is CC(=O)O.COC(=O)CCN(C)C(=O)C1SC(=NC(=O)c2ccc(C(=N)N)cc2)N(C)C1C. The fourth-order valence-corrected chi connectivity index (χ4v) is 4.02. The predicted octanol–water partition coefficient (Wildman–Crippen LogP) is 1.01. The monoisotopic (exact) mass is 479 g/mol. The van der Waals surface area contributed by atoms with Crippen molar-refractivity contribution >= 4 is 46.5 Å². The minimum atomic E-state index is -0.833. The number of hydrogen-bond acceptors (Lipinski definition) is 7. The van der Waals surface area contributed by atoms with Crippen LogP contribution in [-0.2, 0) is 19.1 Å². The van der Waals surface area contributed by atoms with Crippen molar-refractivity contribution in [1.82, 2.24) is 9.80 Å². The van der Waals surface area contributed by atoms with E-state index in [0.717, 1.165) is 6.92 Å². The standard InChI is InChI=1S/C19H25N5O4S.C2H4O2/c1-11-15(18(27)23(2)10-9-14(25)28-4)29-19(24(11)3)22-17(26)13-7-5-12(6-8-13)16(20)21;1-2(3)4/h5-8,11,15H,9-10H2,1-4H3,(H3,20,21);1H3,(H,3,4). The number of amidine groups is 2. The molecule has 4 N–H and O–H groups in total. The van der Waals surface area contributed by atoms with Crippen LogP contribution in [0.5, 0.6) is 0 Å². The van der Waals surface area contributed by atoms with E-state index in [1.807, 2.05) is 6.92 Å². The number of amides is 2. The molecule has 2 amide bonds. The van der Waals surface area contributed by atoms with Gasteiger partial charge in [-0.1, -0.05) is 23.9 Å². The molecule has 2 unspecified atom stereocenters. The first-order valence-corrected chi connectivity index (χ1v) is 10.7. The Morgan fingerprint density at radius 1 is 1.24 bits per heavy atom. The summed E-state index contributed by atoms with van der Waals surface area (Å²) in [5.74, 6) is -1.86. The second-order valence-corrected chi connectivity index (χ2v) is 8.29. The Hall–Kier alpha value is -3.41. The van der Waals surface area contributed by atoms with Crippen molar-refractivity contribution in [3.63, 3.8) is 0 Å². The van der Waals surface area contributed by atoms with Gasteiger partial charge in [0.05, 0.1) is 13.5 Å². The zero-order valence-electron chi connectivity index (χ0n) is 19.2. The number of nitrogen functional groups attached to an aromatic ring is 1. The van der Waals surface area contributed by atoms with Crippen LogP contribution in [0.1, 0.15) is 36.2 Å². The molecule has 0 aromatic heterocycles. The summed E-state index contributed by atoms with van der Waals surface area (Å²) in [4.78, 5) is 53.0. The number of carboxylic acids is 1. The van der Waals surface area contributed by atoms with Crippen molar-refractivity contribution in [3.05, 3.63) is 35.4 Å². The summed E-state index contributed by atoms with van der Waals surface area (Å²) in [6.07, 6.45) is 0.121. The summed E-state index contributed by atoms with van der Waals surface area (Å²) in [6.45, 7) is 3.23. The predicted molar refractivity (Wildman–Crippen MR) is 125 cm³/mol. The van der Waals surface area contributed by atoms with Crippen LogP contribution in [0.15, 0.2) is 29.3 Å². The molecule has 1 aliphatic rings. The molecule has 1 aromatic carbocycles. The summed E-state index contributed by atoms with van der Waals surface area (Å²) < 4.78 is 4.60. The number of aliphatic carboxylic acids is 1. The number of carbonyl (C=O) groups excluding carboxylic acids is 3. The molecule has 1 fully saturated rings. The number of nitrogens with one attached hydrogen (secondary N) is 1. The van der Waals surface area contributed by atoms with Gasteiger partial charge in [0.25, 0.3) is 11.9 Å². The van der Waals surface area contributed by atoms with Crippen LogP contribution in [0.4, 0.5) is 0 Å². The Morgan fingerprint density at radius 3 is 2.24 bits per heavy atom. The maximum absolute atomic E-state index is 12.8. The normalized spacial score (nSPS) is 18.2. The average Bonchev–Trinajstić information content (AvgIpc) is 3.04. The lowest BCUT2D eigenvalue weighted by Crippen LogP contribution is -2.42. The van der Waals surface area contributed by atoms with Gasteiger partial charge in [-0.05, 0) is 19.1 Å².